The highest BCUT2D eigenvalue weighted by Crippen LogP contribution is 2.34. The number of ether oxygens (including phenoxy) is 3. The minimum atomic E-state index is -0.744. The number of benzene rings is 3. The minimum absolute atomic E-state index is 0.157. The number of nitrogens with one attached hydrogen (secondary N) is 2. The quantitative estimate of drug-likeness (QED) is 0.620. The highest BCUT2D eigenvalue weighted by Gasteiger charge is 2.20. The summed E-state index contributed by atoms with van der Waals surface area (Å²) in [6.45, 7) is 3.77. The van der Waals surface area contributed by atoms with Crippen molar-refractivity contribution >= 4 is 23.2 Å². The number of amides is 2. The van der Waals surface area contributed by atoms with Gasteiger partial charge in [-0.1, -0.05) is 24.3 Å². The molecule has 1 heterocycles. The van der Waals surface area contributed by atoms with E-state index < -0.39 is 6.10 Å². The van der Waals surface area contributed by atoms with Crippen LogP contribution in [0.2, 0.25) is 0 Å². The topological polar surface area (TPSA) is 85.9 Å². The summed E-state index contributed by atoms with van der Waals surface area (Å²) in [6.07, 6.45) is -0.744. The van der Waals surface area contributed by atoms with Gasteiger partial charge in [0.1, 0.15) is 5.75 Å². The van der Waals surface area contributed by atoms with Gasteiger partial charge in [-0.15, -0.1) is 0 Å². The van der Waals surface area contributed by atoms with Crippen LogP contribution in [0.5, 0.6) is 17.2 Å². The number of hydrogen-bond donors (Lipinski definition) is 2. The van der Waals surface area contributed by atoms with Crippen molar-refractivity contribution in [2.75, 3.05) is 17.4 Å². The van der Waals surface area contributed by atoms with Crippen molar-refractivity contribution in [1.82, 2.24) is 0 Å². The molecule has 0 aromatic heterocycles. The fraction of sp³-hybridized carbons (Fsp3) is 0.167. The molecule has 158 valence electrons. The molecule has 0 saturated carbocycles. The Morgan fingerprint density at radius 3 is 2.58 bits per heavy atom. The summed E-state index contributed by atoms with van der Waals surface area (Å²) in [5.41, 5.74) is 2.32. The molecule has 2 N–H and O–H groups in total. The monoisotopic (exact) mass is 418 g/mol. The first kappa shape index (κ1) is 20.3. The Bertz CT molecular complexity index is 1130. The number of hydrogen-bond acceptors (Lipinski definition) is 5. The molecule has 7 heteroatoms. The standard InChI is InChI=1S/C24H22N2O5/c1-15-6-5-7-18(12-15)31-16(2)23(27)26-20-9-4-3-8-19(20)24(28)25-17-10-11-21-22(13-17)30-14-29-21/h3-13,16H,14H2,1-2H3,(H,25,28)(H,26,27)/t16-/m1/s1. The van der Waals surface area contributed by atoms with Gasteiger partial charge in [-0.2, -0.15) is 0 Å². The van der Waals surface area contributed by atoms with Gasteiger partial charge in [0.25, 0.3) is 11.8 Å². The summed E-state index contributed by atoms with van der Waals surface area (Å²) in [6, 6.07) is 19.4. The van der Waals surface area contributed by atoms with Crippen LogP contribution in [0, 0.1) is 6.92 Å². The van der Waals surface area contributed by atoms with Crippen molar-refractivity contribution in [2.45, 2.75) is 20.0 Å². The number of aryl methyl sites for hydroxylation is 1. The second kappa shape index (κ2) is 8.79. The average molecular weight is 418 g/mol. The predicted molar refractivity (Wildman–Crippen MR) is 117 cm³/mol. The predicted octanol–water partition coefficient (Wildman–Crippen LogP) is 4.38. The number of carbonyl (C=O) groups excluding carboxylic acids is 2. The van der Waals surface area contributed by atoms with E-state index in [4.69, 9.17) is 14.2 Å². The Hall–Kier alpha value is -4.00. The van der Waals surface area contributed by atoms with Crippen molar-refractivity contribution in [3.63, 3.8) is 0 Å². The number of carbonyl (C=O) groups is 2. The molecular formula is C24H22N2O5. The van der Waals surface area contributed by atoms with E-state index in [1.165, 1.54) is 0 Å². The van der Waals surface area contributed by atoms with Crippen molar-refractivity contribution in [2.24, 2.45) is 0 Å². The zero-order valence-corrected chi connectivity index (χ0v) is 17.2. The summed E-state index contributed by atoms with van der Waals surface area (Å²) in [5, 5.41) is 5.60. The summed E-state index contributed by atoms with van der Waals surface area (Å²) < 4.78 is 16.4. The van der Waals surface area contributed by atoms with E-state index in [1.807, 2.05) is 25.1 Å². The van der Waals surface area contributed by atoms with E-state index in [0.29, 0.717) is 34.2 Å². The number of anilines is 2. The van der Waals surface area contributed by atoms with Crippen LogP contribution in [0.1, 0.15) is 22.8 Å². The number of fused-ring (bicyclic) bond motifs is 1. The van der Waals surface area contributed by atoms with E-state index in [0.717, 1.165) is 5.56 Å². The summed E-state index contributed by atoms with van der Waals surface area (Å²) >= 11 is 0. The molecule has 0 bridgehead atoms. The van der Waals surface area contributed by atoms with Crippen molar-refractivity contribution < 1.29 is 23.8 Å². The fourth-order valence-electron chi connectivity index (χ4n) is 3.14. The molecule has 1 aliphatic rings. The van der Waals surface area contributed by atoms with Crippen molar-refractivity contribution in [3.05, 3.63) is 77.9 Å². The van der Waals surface area contributed by atoms with Crippen LogP contribution in [0.4, 0.5) is 11.4 Å². The van der Waals surface area contributed by atoms with E-state index in [9.17, 15) is 9.59 Å². The maximum atomic E-state index is 12.8. The first-order valence-corrected chi connectivity index (χ1v) is 9.84. The van der Waals surface area contributed by atoms with Gasteiger partial charge in [0.05, 0.1) is 11.3 Å². The third-order valence-corrected chi connectivity index (χ3v) is 4.73. The van der Waals surface area contributed by atoms with Gasteiger partial charge in [-0.25, -0.2) is 0 Å². The minimum Gasteiger partial charge on any atom is -0.481 e. The first-order chi connectivity index (χ1) is 15.0. The van der Waals surface area contributed by atoms with E-state index >= 15 is 0 Å². The second-order valence-corrected chi connectivity index (χ2v) is 7.13. The third-order valence-electron chi connectivity index (χ3n) is 4.73. The van der Waals surface area contributed by atoms with Gasteiger partial charge in [-0.05, 0) is 55.8 Å². The SMILES string of the molecule is Cc1cccc(O[C@H](C)C(=O)Nc2ccccc2C(=O)Nc2ccc3c(c2)OCO3)c1. The van der Waals surface area contributed by atoms with Gasteiger partial charge in [0, 0.05) is 11.8 Å². The largest absolute Gasteiger partial charge is 0.481 e. The molecule has 0 saturated heterocycles. The zero-order chi connectivity index (χ0) is 21.8. The number of rotatable bonds is 6. The van der Waals surface area contributed by atoms with Crippen LogP contribution in [0.3, 0.4) is 0 Å². The molecular weight excluding hydrogens is 396 g/mol. The Morgan fingerprint density at radius 1 is 0.935 bits per heavy atom. The smallest absolute Gasteiger partial charge is 0.265 e. The van der Waals surface area contributed by atoms with Crippen molar-refractivity contribution in [3.8, 4) is 17.2 Å². The van der Waals surface area contributed by atoms with Gasteiger partial charge in [-0.3, -0.25) is 9.59 Å². The fourth-order valence-corrected chi connectivity index (χ4v) is 3.14. The molecule has 31 heavy (non-hydrogen) atoms. The van der Waals surface area contributed by atoms with Crippen LogP contribution in [-0.4, -0.2) is 24.7 Å². The molecule has 0 fully saturated rings. The molecule has 0 aliphatic carbocycles. The Balaban J connectivity index is 1.45. The third kappa shape index (κ3) is 4.78. The summed E-state index contributed by atoms with van der Waals surface area (Å²) in [4.78, 5) is 25.5. The van der Waals surface area contributed by atoms with E-state index in [2.05, 4.69) is 10.6 Å². The molecule has 0 spiro atoms. The molecule has 3 aromatic carbocycles. The summed E-state index contributed by atoms with van der Waals surface area (Å²) in [7, 11) is 0. The van der Waals surface area contributed by atoms with Gasteiger partial charge >= 0.3 is 0 Å². The number of para-hydroxylation sites is 1. The highest BCUT2D eigenvalue weighted by atomic mass is 16.7. The molecule has 1 atom stereocenters. The molecule has 0 radical (unpaired) electrons. The highest BCUT2D eigenvalue weighted by molar-refractivity contribution is 6.10. The molecule has 4 rings (SSSR count). The van der Waals surface area contributed by atoms with Crippen LogP contribution in [-0.2, 0) is 4.79 Å². The lowest BCUT2D eigenvalue weighted by Crippen LogP contribution is -2.31. The first-order valence-electron chi connectivity index (χ1n) is 9.84. The second-order valence-electron chi connectivity index (χ2n) is 7.13. The normalized spacial score (nSPS) is 12.7. The van der Waals surface area contributed by atoms with Crippen LogP contribution in [0.15, 0.2) is 66.7 Å². The Labute approximate surface area is 179 Å². The van der Waals surface area contributed by atoms with Gasteiger partial charge in [0.15, 0.2) is 17.6 Å². The lowest BCUT2D eigenvalue weighted by atomic mass is 10.1. The lowest BCUT2D eigenvalue weighted by molar-refractivity contribution is -0.122. The van der Waals surface area contributed by atoms with Crippen molar-refractivity contribution in [1.29, 1.82) is 0 Å². The van der Waals surface area contributed by atoms with E-state index in [-0.39, 0.29) is 18.6 Å². The Morgan fingerprint density at radius 2 is 1.74 bits per heavy atom. The molecule has 1 aliphatic heterocycles. The molecule has 2 amide bonds. The van der Waals surface area contributed by atoms with Gasteiger partial charge < -0.3 is 24.8 Å². The molecule has 3 aromatic rings. The van der Waals surface area contributed by atoms with E-state index in [1.54, 1.807) is 55.5 Å². The van der Waals surface area contributed by atoms with Gasteiger partial charge in [0.2, 0.25) is 6.79 Å². The molecule has 7 nitrogen and oxygen atoms in total. The van der Waals surface area contributed by atoms with Crippen LogP contribution in [0.25, 0.3) is 0 Å². The zero-order valence-electron chi connectivity index (χ0n) is 17.2. The molecule has 0 unspecified atom stereocenters. The van der Waals surface area contributed by atoms with Crippen LogP contribution < -0.4 is 24.8 Å². The van der Waals surface area contributed by atoms with Crippen LogP contribution >= 0.6 is 0 Å². The Kier molecular flexibility index (Phi) is 5.75. The maximum Gasteiger partial charge on any atom is 0.265 e. The maximum absolute atomic E-state index is 12.8. The lowest BCUT2D eigenvalue weighted by Gasteiger charge is -2.17. The average Bonchev–Trinajstić information content (AvgIpc) is 3.22. The summed E-state index contributed by atoms with van der Waals surface area (Å²) in [5.74, 6) is 1.10.